The van der Waals surface area contributed by atoms with Crippen LogP contribution < -0.4 is 5.32 Å². The maximum absolute atomic E-state index is 4.29. The highest BCUT2D eigenvalue weighted by Crippen LogP contribution is 2.22. The summed E-state index contributed by atoms with van der Waals surface area (Å²) >= 11 is 0. The molecule has 1 aromatic heterocycles. The van der Waals surface area contributed by atoms with Crippen LogP contribution in [0.5, 0.6) is 0 Å². The maximum atomic E-state index is 4.29. The number of benzene rings is 1. The molecule has 0 amide bonds. The van der Waals surface area contributed by atoms with Crippen molar-refractivity contribution in [3.63, 3.8) is 0 Å². The molecular weight excluding hydrogens is 200 g/mol. The first kappa shape index (κ1) is 9.54. The predicted molar refractivity (Wildman–Crippen MR) is 61.7 cm³/mol. The normalized spacial score (nSPS) is 16.1. The van der Waals surface area contributed by atoms with Crippen LogP contribution in [0, 0.1) is 6.92 Å². The lowest BCUT2D eigenvalue weighted by atomic mass is 10.0. The average molecular weight is 214 g/mol. The van der Waals surface area contributed by atoms with Crippen molar-refractivity contribution in [2.75, 3.05) is 13.1 Å². The number of nitrogens with zero attached hydrogens (tertiary/aromatic N) is 3. The van der Waals surface area contributed by atoms with Crippen molar-refractivity contribution >= 4 is 0 Å². The first-order valence-electron chi connectivity index (χ1n) is 5.54. The van der Waals surface area contributed by atoms with Crippen LogP contribution in [0.25, 0.3) is 5.69 Å². The van der Waals surface area contributed by atoms with Crippen LogP contribution in [-0.2, 0) is 0 Å². The molecule has 1 aliphatic rings. The Labute approximate surface area is 94.3 Å². The number of hydrogen-bond donors (Lipinski definition) is 1. The molecule has 1 N–H and O–H groups in total. The van der Waals surface area contributed by atoms with Gasteiger partial charge in [0.25, 0.3) is 0 Å². The van der Waals surface area contributed by atoms with Crippen molar-refractivity contribution in [1.82, 2.24) is 20.1 Å². The van der Waals surface area contributed by atoms with Crippen molar-refractivity contribution < 1.29 is 0 Å². The molecule has 1 saturated heterocycles. The van der Waals surface area contributed by atoms with Crippen molar-refractivity contribution in [3.8, 4) is 5.69 Å². The molecule has 1 aliphatic heterocycles. The minimum atomic E-state index is 0.501. The number of para-hydroxylation sites is 1. The third-order valence-corrected chi connectivity index (χ3v) is 3.01. The quantitative estimate of drug-likeness (QED) is 0.818. The highest BCUT2D eigenvalue weighted by atomic mass is 15.3. The Hall–Kier alpha value is -1.68. The number of hydrogen-bond acceptors (Lipinski definition) is 3. The standard InChI is InChI=1S/C12H14N4/c1-9-14-15-12(10-7-13-8-10)16(9)11-5-3-2-4-6-11/h2-6,10,13H,7-8H2,1H3. The fourth-order valence-electron chi connectivity index (χ4n) is 2.01. The van der Waals surface area contributed by atoms with Gasteiger partial charge in [-0.05, 0) is 19.1 Å². The summed E-state index contributed by atoms with van der Waals surface area (Å²) in [6.45, 7) is 4.01. The zero-order chi connectivity index (χ0) is 11.0. The zero-order valence-electron chi connectivity index (χ0n) is 9.22. The lowest BCUT2D eigenvalue weighted by molar-refractivity contribution is 0.425. The second kappa shape index (κ2) is 3.72. The van der Waals surface area contributed by atoms with Crippen molar-refractivity contribution in [2.45, 2.75) is 12.8 Å². The van der Waals surface area contributed by atoms with E-state index in [0.717, 1.165) is 30.4 Å². The summed E-state index contributed by atoms with van der Waals surface area (Å²) < 4.78 is 2.14. The van der Waals surface area contributed by atoms with Gasteiger partial charge in [0.1, 0.15) is 11.6 Å². The van der Waals surface area contributed by atoms with Gasteiger partial charge in [-0.2, -0.15) is 0 Å². The minimum Gasteiger partial charge on any atom is -0.315 e. The monoisotopic (exact) mass is 214 g/mol. The number of aromatic nitrogens is 3. The molecule has 0 spiro atoms. The molecule has 4 nitrogen and oxygen atoms in total. The topological polar surface area (TPSA) is 42.7 Å². The molecule has 0 unspecified atom stereocenters. The van der Waals surface area contributed by atoms with E-state index in [-0.39, 0.29) is 0 Å². The second-order valence-electron chi connectivity index (χ2n) is 4.13. The van der Waals surface area contributed by atoms with Crippen LogP contribution >= 0.6 is 0 Å². The molecule has 2 aromatic rings. The fraction of sp³-hybridized carbons (Fsp3) is 0.333. The smallest absolute Gasteiger partial charge is 0.143 e. The molecule has 0 atom stereocenters. The third kappa shape index (κ3) is 1.42. The fourth-order valence-corrected chi connectivity index (χ4v) is 2.01. The average Bonchev–Trinajstić information content (AvgIpc) is 2.59. The van der Waals surface area contributed by atoms with Gasteiger partial charge in [-0.15, -0.1) is 10.2 Å². The van der Waals surface area contributed by atoms with Crippen LogP contribution in [0.4, 0.5) is 0 Å². The van der Waals surface area contributed by atoms with E-state index in [1.807, 2.05) is 25.1 Å². The van der Waals surface area contributed by atoms with Crippen LogP contribution in [0.15, 0.2) is 30.3 Å². The first-order valence-corrected chi connectivity index (χ1v) is 5.54. The Balaban J connectivity index is 2.08. The Kier molecular flexibility index (Phi) is 2.22. The molecular formula is C12H14N4. The number of aryl methyl sites for hydroxylation is 1. The van der Waals surface area contributed by atoms with E-state index in [2.05, 4.69) is 32.2 Å². The van der Waals surface area contributed by atoms with Crippen molar-refractivity contribution in [3.05, 3.63) is 42.0 Å². The van der Waals surface area contributed by atoms with Crippen LogP contribution in [-0.4, -0.2) is 27.9 Å². The molecule has 0 saturated carbocycles. The highest BCUT2D eigenvalue weighted by Gasteiger charge is 2.25. The molecule has 0 bridgehead atoms. The van der Waals surface area contributed by atoms with Gasteiger partial charge in [-0.1, -0.05) is 18.2 Å². The summed E-state index contributed by atoms with van der Waals surface area (Å²) in [5, 5.41) is 11.7. The van der Waals surface area contributed by atoms with Gasteiger partial charge in [0, 0.05) is 24.7 Å². The van der Waals surface area contributed by atoms with Gasteiger partial charge in [0.2, 0.25) is 0 Å². The summed E-state index contributed by atoms with van der Waals surface area (Å²) in [4.78, 5) is 0. The molecule has 4 heteroatoms. The van der Waals surface area contributed by atoms with Gasteiger partial charge in [0.15, 0.2) is 0 Å². The molecule has 0 radical (unpaired) electrons. The molecule has 1 aromatic carbocycles. The van der Waals surface area contributed by atoms with Crippen LogP contribution in [0.3, 0.4) is 0 Å². The van der Waals surface area contributed by atoms with Gasteiger partial charge in [-0.25, -0.2) is 0 Å². The van der Waals surface area contributed by atoms with Gasteiger partial charge < -0.3 is 5.32 Å². The van der Waals surface area contributed by atoms with E-state index < -0.39 is 0 Å². The summed E-state index contributed by atoms with van der Waals surface area (Å²) in [5.74, 6) is 2.52. The molecule has 0 aliphatic carbocycles. The van der Waals surface area contributed by atoms with E-state index >= 15 is 0 Å². The largest absolute Gasteiger partial charge is 0.315 e. The highest BCUT2D eigenvalue weighted by molar-refractivity contribution is 5.34. The second-order valence-corrected chi connectivity index (χ2v) is 4.13. The Morgan fingerprint density at radius 2 is 1.94 bits per heavy atom. The summed E-state index contributed by atoms with van der Waals surface area (Å²) in [5.41, 5.74) is 1.15. The summed E-state index contributed by atoms with van der Waals surface area (Å²) in [6, 6.07) is 10.3. The first-order chi connectivity index (χ1) is 7.86. The molecule has 82 valence electrons. The van der Waals surface area contributed by atoms with E-state index in [9.17, 15) is 0 Å². The van der Waals surface area contributed by atoms with Crippen LogP contribution in [0.1, 0.15) is 17.6 Å². The van der Waals surface area contributed by atoms with Crippen molar-refractivity contribution in [2.24, 2.45) is 0 Å². The zero-order valence-corrected chi connectivity index (χ0v) is 9.22. The van der Waals surface area contributed by atoms with E-state index in [1.165, 1.54) is 0 Å². The number of rotatable bonds is 2. The van der Waals surface area contributed by atoms with Gasteiger partial charge in [0.05, 0.1) is 0 Å². The third-order valence-electron chi connectivity index (χ3n) is 3.01. The molecule has 3 rings (SSSR count). The van der Waals surface area contributed by atoms with E-state index in [4.69, 9.17) is 0 Å². The minimum absolute atomic E-state index is 0.501. The lowest BCUT2D eigenvalue weighted by Crippen LogP contribution is -2.41. The molecule has 2 heterocycles. The summed E-state index contributed by atoms with van der Waals surface area (Å²) in [6.07, 6.45) is 0. The van der Waals surface area contributed by atoms with E-state index in [1.54, 1.807) is 0 Å². The molecule has 1 fully saturated rings. The van der Waals surface area contributed by atoms with Gasteiger partial charge >= 0.3 is 0 Å². The van der Waals surface area contributed by atoms with Crippen LogP contribution in [0.2, 0.25) is 0 Å². The molecule has 16 heavy (non-hydrogen) atoms. The lowest BCUT2D eigenvalue weighted by Gasteiger charge is -2.26. The maximum Gasteiger partial charge on any atom is 0.143 e. The SMILES string of the molecule is Cc1nnc(C2CNC2)n1-c1ccccc1. The summed E-state index contributed by atoms with van der Waals surface area (Å²) in [7, 11) is 0. The Bertz CT molecular complexity index is 485. The number of nitrogens with one attached hydrogen (secondary N) is 1. The van der Waals surface area contributed by atoms with Crippen molar-refractivity contribution in [1.29, 1.82) is 0 Å². The van der Waals surface area contributed by atoms with Gasteiger partial charge in [-0.3, -0.25) is 4.57 Å². The Morgan fingerprint density at radius 1 is 1.19 bits per heavy atom. The predicted octanol–water partition coefficient (Wildman–Crippen LogP) is 1.26. The Morgan fingerprint density at radius 3 is 2.56 bits per heavy atom. The van der Waals surface area contributed by atoms with E-state index in [0.29, 0.717) is 5.92 Å².